The van der Waals surface area contributed by atoms with Crippen molar-refractivity contribution in [2.75, 3.05) is 26.2 Å². The third-order valence-corrected chi connectivity index (χ3v) is 5.50. The normalized spacial score (nSPS) is 21.7. The van der Waals surface area contributed by atoms with Gasteiger partial charge in [0.05, 0.1) is 11.5 Å². The Kier molecular flexibility index (Phi) is 6.90. The van der Waals surface area contributed by atoms with Gasteiger partial charge in [-0.15, -0.1) is 0 Å². The summed E-state index contributed by atoms with van der Waals surface area (Å²) in [5.74, 6) is 0.966. The van der Waals surface area contributed by atoms with Crippen LogP contribution in [0.5, 0.6) is 5.75 Å². The summed E-state index contributed by atoms with van der Waals surface area (Å²) in [7, 11) is 0. The van der Waals surface area contributed by atoms with Crippen LogP contribution in [0.1, 0.15) is 50.5 Å². The molecule has 5 nitrogen and oxygen atoms in total. The smallest absolute Gasteiger partial charge is 0.224 e. The molecule has 2 fully saturated rings. The quantitative estimate of drug-likeness (QED) is 0.851. The topological polar surface area (TPSA) is 65.4 Å². The first-order valence-corrected chi connectivity index (χ1v) is 9.91. The third-order valence-electron chi connectivity index (χ3n) is 5.50. The number of carbonyl (C=O) groups is 1. The number of ether oxygens (including phenoxy) is 1. The van der Waals surface area contributed by atoms with Gasteiger partial charge < -0.3 is 10.1 Å². The third kappa shape index (κ3) is 5.22. The number of nitrogens with zero attached hydrogens (tertiary/aromatic N) is 2. The summed E-state index contributed by atoms with van der Waals surface area (Å²) in [6, 6.07) is 9.85. The van der Waals surface area contributed by atoms with E-state index >= 15 is 0 Å². The Labute approximate surface area is 156 Å². The number of rotatable bonds is 6. The maximum absolute atomic E-state index is 12.6. The second kappa shape index (κ2) is 9.59. The molecule has 0 radical (unpaired) electrons. The van der Waals surface area contributed by atoms with Crippen molar-refractivity contribution >= 4 is 5.91 Å². The molecule has 1 saturated carbocycles. The molecule has 5 heteroatoms. The number of hydrogen-bond acceptors (Lipinski definition) is 4. The molecule has 1 saturated heterocycles. The van der Waals surface area contributed by atoms with Gasteiger partial charge in [0, 0.05) is 19.1 Å². The number of para-hydroxylation sites is 1. The number of nitriles is 1. The molecule has 3 rings (SSSR count). The summed E-state index contributed by atoms with van der Waals surface area (Å²) in [5, 5.41) is 12.4. The number of hydrogen-bond donors (Lipinski definition) is 1. The van der Waals surface area contributed by atoms with Gasteiger partial charge in [-0.05, 0) is 44.4 Å². The van der Waals surface area contributed by atoms with E-state index in [1.54, 1.807) is 6.07 Å². The molecular formula is C21H29N3O2. The standard InChI is InChI=1S/C21H29N3O2/c22-15-17-7-4-5-11-20(17)26-14-13-24-12-6-8-18(16-24)21(25)23-19-9-2-1-3-10-19/h4-5,7,11,18-19H,1-3,6,8-10,12-14,16H2,(H,23,25). The summed E-state index contributed by atoms with van der Waals surface area (Å²) in [6.07, 6.45) is 8.08. The molecule has 1 N–H and O–H groups in total. The predicted molar refractivity (Wildman–Crippen MR) is 101 cm³/mol. The van der Waals surface area contributed by atoms with E-state index in [1.165, 1.54) is 19.3 Å². The van der Waals surface area contributed by atoms with Crippen LogP contribution < -0.4 is 10.1 Å². The summed E-state index contributed by atoms with van der Waals surface area (Å²) in [4.78, 5) is 14.9. The number of nitrogens with one attached hydrogen (secondary N) is 1. The van der Waals surface area contributed by atoms with Crippen molar-refractivity contribution in [3.8, 4) is 11.8 Å². The molecule has 1 aliphatic heterocycles. The van der Waals surface area contributed by atoms with Crippen LogP contribution in [0.3, 0.4) is 0 Å². The number of amides is 1. The average Bonchev–Trinajstić information content (AvgIpc) is 2.69. The van der Waals surface area contributed by atoms with Crippen LogP contribution in [0.4, 0.5) is 0 Å². The zero-order chi connectivity index (χ0) is 18.2. The first-order chi connectivity index (χ1) is 12.8. The molecule has 0 aromatic heterocycles. The molecule has 1 unspecified atom stereocenters. The molecule has 0 spiro atoms. The van der Waals surface area contributed by atoms with Crippen molar-refractivity contribution in [3.05, 3.63) is 29.8 Å². The van der Waals surface area contributed by atoms with Crippen LogP contribution in [-0.2, 0) is 4.79 Å². The lowest BCUT2D eigenvalue weighted by atomic mass is 9.93. The fourth-order valence-electron chi connectivity index (χ4n) is 4.01. The highest BCUT2D eigenvalue weighted by Gasteiger charge is 2.27. The van der Waals surface area contributed by atoms with Crippen molar-refractivity contribution in [1.29, 1.82) is 5.26 Å². The SMILES string of the molecule is N#Cc1ccccc1OCCN1CCCC(C(=O)NC2CCCCC2)C1. The lowest BCUT2D eigenvalue weighted by Crippen LogP contribution is -2.47. The first-order valence-electron chi connectivity index (χ1n) is 9.91. The Morgan fingerprint density at radius 2 is 2.00 bits per heavy atom. The van der Waals surface area contributed by atoms with E-state index < -0.39 is 0 Å². The van der Waals surface area contributed by atoms with Crippen molar-refractivity contribution in [2.45, 2.75) is 51.0 Å². The average molecular weight is 355 g/mol. The van der Waals surface area contributed by atoms with Crippen LogP contribution in [0.15, 0.2) is 24.3 Å². The van der Waals surface area contributed by atoms with Crippen LogP contribution in [0, 0.1) is 17.2 Å². The largest absolute Gasteiger partial charge is 0.491 e. The lowest BCUT2D eigenvalue weighted by Gasteiger charge is -2.33. The van der Waals surface area contributed by atoms with Gasteiger partial charge in [0.15, 0.2) is 0 Å². The molecule has 1 atom stereocenters. The molecule has 1 heterocycles. The minimum atomic E-state index is 0.0945. The summed E-state index contributed by atoms with van der Waals surface area (Å²) < 4.78 is 5.78. The molecular weight excluding hydrogens is 326 g/mol. The van der Waals surface area contributed by atoms with E-state index in [9.17, 15) is 4.79 Å². The van der Waals surface area contributed by atoms with E-state index in [-0.39, 0.29) is 11.8 Å². The van der Waals surface area contributed by atoms with E-state index in [0.717, 1.165) is 45.3 Å². The summed E-state index contributed by atoms with van der Waals surface area (Å²) in [5.41, 5.74) is 0.566. The Hall–Kier alpha value is -2.06. The number of likely N-dealkylation sites (tertiary alicyclic amines) is 1. The van der Waals surface area contributed by atoms with Gasteiger partial charge in [0.1, 0.15) is 18.4 Å². The molecule has 1 aliphatic carbocycles. The summed E-state index contributed by atoms with van der Waals surface area (Å²) in [6.45, 7) is 3.14. The van der Waals surface area contributed by atoms with Crippen molar-refractivity contribution in [1.82, 2.24) is 10.2 Å². The van der Waals surface area contributed by atoms with Crippen molar-refractivity contribution < 1.29 is 9.53 Å². The monoisotopic (exact) mass is 355 g/mol. The van der Waals surface area contributed by atoms with E-state index in [2.05, 4.69) is 16.3 Å². The zero-order valence-corrected chi connectivity index (χ0v) is 15.5. The molecule has 0 bridgehead atoms. The van der Waals surface area contributed by atoms with E-state index in [0.29, 0.717) is 24.0 Å². The van der Waals surface area contributed by atoms with Crippen molar-refractivity contribution in [2.24, 2.45) is 5.92 Å². The summed E-state index contributed by atoms with van der Waals surface area (Å²) >= 11 is 0. The van der Waals surface area contributed by atoms with E-state index in [4.69, 9.17) is 10.00 Å². The highest BCUT2D eigenvalue weighted by molar-refractivity contribution is 5.79. The molecule has 1 amide bonds. The van der Waals surface area contributed by atoms with Crippen LogP contribution in [0.2, 0.25) is 0 Å². The Morgan fingerprint density at radius 1 is 1.19 bits per heavy atom. The maximum atomic E-state index is 12.6. The van der Waals surface area contributed by atoms with Gasteiger partial charge in [0.2, 0.25) is 5.91 Å². The second-order valence-corrected chi connectivity index (χ2v) is 7.44. The molecule has 26 heavy (non-hydrogen) atoms. The molecule has 140 valence electrons. The first kappa shape index (κ1) is 18.7. The number of piperidine rings is 1. The maximum Gasteiger partial charge on any atom is 0.224 e. The van der Waals surface area contributed by atoms with Gasteiger partial charge in [-0.2, -0.15) is 5.26 Å². The molecule has 1 aromatic rings. The van der Waals surface area contributed by atoms with Crippen LogP contribution in [0.25, 0.3) is 0 Å². The minimum absolute atomic E-state index is 0.0945. The second-order valence-electron chi connectivity index (χ2n) is 7.44. The van der Waals surface area contributed by atoms with E-state index in [1.807, 2.05) is 18.2 Å². The highest BCUT2D eigenvalue weighted by Crippen LogP contribution is 2.21. The minimum Gasteiger partial charge on any atom is -0.491 e. The van der Waals surface area contributed by atoms with Gasteiger partial charge in [-0.3, -0.25) is 9.69 Å². The predicted octanol–water partition coefficient (Wildman–Crippen LogP) is 3.10. The van der Waals surface area contributed by atoms with Gasteiger partial charge in [-0.25, -0.2) is 0 Å². The van der Waals surface area contributed by atoms with Crippen LogP contribution in [-0.4, -0.2) is 43.1 Å². The zero-order valence-electron chi connectivity index (χ0n) is 15.5. The van der Waals surface area contributed by atoms with Crippen molar-refractivity contribution in [3.63, 3.8) is 0 Å². The molecule has 2 aliphatic rings. The van der Waals surface area contributed by atoms with Gasteiger partial charge in [-0.1, -0.05) is 31.4 Å². The van der Waals surface area contributed by atoms with Crippen LogP contribution >= 0.6 is 0 Å². The fourth-order valence-corrected chi connectivity index (χ4v) is 4.01. The highest BCUT2D eigenvalue weighted by atomic mass is 16.5. The number of benzene rings is 1. The van der Waals surface area contributed by atoms with Gasteiger partial charge >= 0.3 is 0 Å². The molecule has 1 aromatic carbocycles. The van der Waals surface area contributed by atoms with Gasteiger partial charge in [0.25, 0.3) is 0 Å². The number of carbonyl (C=O) groups excluding carboxylic acids is 1. The fraction of sp³-hybridized carbons (Fsp3) is 0.619. The Morgan fingerprint density at radius 3 is 2.81 bits per heavy atom. The Balaban J connectivity index is 1.43. The lowest BCUT2D eigenvalue weighted by molar-refractivity contribution is -0.127. The Bertz CT molecular complexity index is 634.